The number of phenols is 1. The molecule has 5 nitrogen and oxygen atoms in total. The van der Waals surface area contributed by atoms with Crippen LogP contribution in [-0.2, 0) is 27.1 Å². The van der Waals surface area contributed by atoms with Crippen molar-refractivity contribution < 1.29 is 5.11 Å². The number of benzene rings is 7. The van der Waals surface area contributed by atoms with Gasteiger partial charge in [0.1, 0.15) is 17.9 Å². The third-order valence-electron chi connectivity index (χ3n) is 14.9. The molecule has 0 bridgehead atoms. The van der Waals surface area contributed by atoms with E-state index in [1.807, 2.05) is 0 Å². The van der Waals surface area contributed by atoms with Crippen LogP contribution in [0.1, 0.15) is 131 Å². The van der Waals surface area contributed by atoms with Crippen molar-refractivity contribution in [1.82, 2.24) is 19.5 Å². The Bertz CT molecular complexity index is 3460. The van der Waals surface area contributed by atoms with Crippen LogP contribution in [0.25, 0.3) is 83.3 Å². The number of rotatable bonds is 5. The molecule has 10 rings (SSSR count). The van der Waals surface area contributed by atoms with Crippen molar-refractivity contribution in [2.45, 2.75) is 130 Å². The molecule has 7 aromatic carbocycles. The Hall–Kier alpha value is -6.59. The predicted octanol–water partition coefficient (Wildman–Crippen LogP) is 16.7. The van der Waals surface area contributed by atoms with Crippen LogP contribution in [-0.4, -0.2) is 24.6 Å². The van der Waals surface area contributed by atoms with E-state index in [-0.39, 0.29) is 32.8 Å². The average molecular weight is 895 g/mol. The highest BCUT2D eigenvalue weighted by Gasteiger charge is 2.38. The maximum atomic E-state index is 12.6. The van der Waals surface area contributed by atoms with Gasteiger partial charge in [0, 0.05) is 27.6 Å². The molecule has 2 heterocycles. The molecule has 0 aliphatic heterocycles. The molecule has 1 aliphatic rings. The second kappa shape index (κ2) is 15.7. The molecule has 344 valence electrons. The van der Waals surface area contributed by atoms with Crippen molar-refractivity contribution in [3.05, 3.63) is 162 Å². The zero-order valence-electron chi connectivity index (χ0n) is 42.4. The Labute approximate surface area is 403 Å². The number of hydrogen-bond donors (Lipinski definition) is 1. The summed E-state index contributed by atoms with van der Waals surface area (Å²) in [6, 6.07) is 46.4. The molecule has 0 fully saturated rings. The first-order chi connectivity index (χ1) is 32.0. The Kier molecular flexibility index (Phi) is 10.5. The van der Waals surface area contributed by atoms with E-state index >= 15 is 0 Å². The van der Waals surface area contributed by atoms with Crippen molar-refractivity contribution in [3.8, 4) is 56.3 Å². The lowest BCUT2D eigenvalue weighted by molar-refractivity contribution is 0.332. The van der Waals surface area contributed by atoms with Crippen LogP contribution < -0.4 is 0 Å². The minimum atomic E-state index is -0.332. The molecule has 0 saturated heterocycles. The SMILES string of the molecule is CC(C)(C)c1ccc(-n2c(-c3cc(C(C)(C)C)cc(C(C)(C)C)c3O)nc3c(-c4cc(-c5ncnc6cc7c(cc56)C(C)(C)CCC7(C)C)cc5ccccc45)cccc32)c(-c2ccccc2)c1. The summed E-state index contributed by atoms with van der Waals surface area (Å²) in [7, 11) is 0. The number of hydrogen-bond acceptors (Lipinski definition) is 4. The largest absolute Gasteiger partial charge is 0.507 e. The minimum Gasteiger partial charge on any atom is -0.507 e. The molecule has 0 amide bonds. The molecule has 5 heteroatoms. The second-order valence-corrected chi connectivity index (χ2v) is 23.9. The Morgan fingerprint density at radius 2 is 1.19 bits per heavy atom. The van der Waals surface area contributed by atoms with Gasteiger partial charge in [0.15, 0.2) is 0 Å². The second-order valence-electron chi connectivity index (χ2n) is 23.9. The normalized spacial score (nSPS) is 15.0. The van der Waals surface area contributed by atoms with Crippen molar-refractivity contribution >= 4 is 32.7 Å². The lowest BCUT2D eigenvalue weighted by Gasteiger charge is -2.42. The smallest absolute Gasteiger partial charge is 0.149 e. The molecule has 0 spiro atoms. The molecule has 1 aliphatic carbocycles. The van der Waals surface area contributed by atoms with Gasteiger partial charge in [-0.05, 0) is 133 Å². The van der Waals surface area contributed by atoms with Gasteiger partial charge in [-0.1, -0.05) is 169 Å². The number of aromatic hydroxyl groups is 1. The van der Waals surface area contributed by atoms with Gasteiger partial charge in [-0.3, -0.25) is 4.57 Å². The third kappa shape index (κ3) is 7.68. The quantitative estimate of drug-likeness (QED) is 0.187. The third-order valence-corrected chi connectivity index (χ3v) is 14.9. The predicted molar refractivity (Wildman–Crippen MR) is 286 cm³/mol. The Balaban J connectivity index is 1.30. The number of phenolic OH excluding ortho intramolecular Hbond substituents is 1. The van der Waals surface area contributed by atoms with Gasteiger partial charge >= 0.3 is 0 Å². The standard InChI is InChI=1S/C63H66N4O/c1-59(2,3)41-26-27-53(45(32-41)38-20-15-14-16-21-38)67-54-25-19-24-44(56(54)66-58(67)48-33-42(60(4,5)6)34-51(57(48)68)61(7,8)9)46-31-40(30-39-22-17-18-23-43(39)46)55-47-35-49-50(36-52(47)64-37-65-55)63(12,13)29-28-62(49,10)11/h14-27,30-37,68H,28-29H2,1-13H3. The number of nitrogens with zero attached hydrogens (tertiary/aromatic N) is 4. The molecule has 1 N–H and O–H groups in total. The summed E-state index contributed by atoms with van der Waals surface area (Å²) in [5.74, 6) is 0.952. The lowest BCUT2D eigenvalue weighted by Crippen LogP contribution is -2.33. The fourth-order valence-corrected chi connectivity index (χ4v) is 10.6. The van der Waals surface area contributed by atoms with E-state index in [2.05, 4.69) is 222 Å². The highest BCUT2D eigenvalue weighted by molar-refractivity contribution is 6.08. The van der Waals surface area contributed by atoms with Crippen LogP contribution in [0.2, 0.25) is 0 Å². The lowest BCUT2D eigenvalue weighted by atomic mass is 9.63. The van der Waals surface area contributed by atoms with E-state index in [9.17, 15) is 5.11 Å². The van der Waals surface area contributed by atoms with E-state index in [0.717, 1.165) is 95.9 Å². The van der Waals surface area contributed by atoms with E-state index in [0.29, 0.717) is 11.4 Å². The molecule has 68 heavy (non-hydrogen) atoms. The van der Waals surface area contributed by atoms with Crippen LogP contribution in [0.15, 0.2) is 134 Å². The van der Waals surface area contributed by atoms with Gasteiger partial charge in [0.2, 0.25) is 0 Å². The van der Waals surface area contributed by atoms with Crippen molar-refractivity contribution in [2.24, 2.45) is 0 Å². The summed E-state index contributed by atoms with van der Waals surface area (Å²) < 4.78 is 2.30. The molecule has 0 unspecified atom stereocenters. The van der Waals surface area contributed by atoms with E-state index < -0.39 is 0 Å². The highest BCUT2D eigenvalue weighted by Crippen LogP contribution is 2.49. The van der Waals surface area contributed by atoms with Gasteiger partial charge in [-0.25, -0.2) is 15.0 Å². The van der Waals surface area contributed by atoms with Gasteiger partial charge in [0.25, 0.3) is 0 Å². The zero-order chi connectivity index (χ0) is 48.3. The molecular formula is C63H66N4O. The summed E-state index contributed by atoms with van der Waals surface area (Å²) >= 11 is 0. The van der Waals surface area contributed by atoms with E-state index in [1.165, 1.54) is 16.7 Å². The molecule has 2 aromatic heterocycles. The first-order valence-electron chi connectivity index (χ1n) is 24.4. The Morgan fingerprint density at radius 1 is 0.529 bits per heavy atom. The number of imidazole rings is 1. The minimum absolute atomic E-state index is 0.0365. The van der Waals surface area contributed by atoms with Crippen LogP contribution in [0.4, 0.5) is 0 Å². The van der Waals surface area contributed by atoms with E-state index in [1.54, 1.807) is 6.33 Å². The number of aromatic nitrogens is 4. The van der Waals surface area contributed by atoms with Gasteiger partial charge < -0.3 is 5.11 Å². The van der Waals surface area contributed by atoms with Crippen molar-refractivity contribution in [1.29, 1.82) is 0 Å². The summed E-state index contributed by atoms with van der Waals surface area (Å²) in [4.78, 5) is 15.7. The number of para-hydroxylation sites is 1. The first kappa shape index (κ1) is 45.2. The van der Waals surface area contributed by atoms with Gasteiger partial charge in [-0.15, -0.1) is 0 Å². The first-order valence-corrected chi connectivity index (χ1v) is 24.4. The highest BCUT2D eigenvalue weighted by atomic mass is 16.3. The van der Waals surface area contributed by atoms with Crippen molar-refractivity contribution in [3.63, 3.8) is 0 Å². The van der Waals surface area contributed by atoms with Crippen molar-refractivity contribution in [2.75, 3.05) is 0 Å². The number of fused-ring (bicyclic) bond motifs is 4. The maximum Gasteiger partial charge on any atom is 0.149 e. The fourth-order valence-electron chi connectivity index (χ4n) is 10.6. The molecule has 0 radical (unpaired) electrons. The van der Waals surface area contributed by atoms with Crippen LogP contribution in [0.3, 0.4) is 0 Å². The van der Waals surface area contributed by atoms with E-state index in [4.69, 9.17) is 15.0 Å². The zero-order valence-corrected chi connectivity index (χ0v) is 42.4. The maximum absolute atomic E-state index is 12.6. The summed E-state index contributed by atoms with van der Waals surface area (Å²) in [6.45, 7) is 29.5. The van der Waals surface area contributed by atoms with Crippen LogP contribution >= 0.6 is 0 Å². The molecular weight excluding hydrogens is 829 g/mol. The van der Waals surface area contributed by atoms with Gasteiger partial charge in [0.05, 0.1) is 33.5 Å². The molecule has 0 saturated carbocycles. The summed E-state index contributed by atoms with van der Waals surface area (Å²) in [5, 5.41) is 16.0. The van der Waals surface area contributed by atoms with Gasteiger partial charge in [-0.2, -0.15) is 0 Å². The Morgan fingerprint density at radius 3 is 1.88 bits per heavy atom. The summed E-state index contributed by atoms with van der Waals surface area (Å²) in [6.07, 6.45) is 4.00. The molecule has 0 atom stereocenters. The van der Waals surface area contributed by atoms with Crippen LogP contribution in [0.5, 0.6) is 5.75 Å². The monoisotopic (exact) mass is 895 g/mol. The van der Waals surface area contributed by atoms with Crippen LogP contribution in [0, 0.1) is 0 Å². The average Bonchev–Trinajstić information content (AvgIpc) is 3.68. The fraction of sp³-hybridized carbons (Fsp3) is 0.317. The summed E-state index contributed by atoms with van der Waals surface area (Å²) in [5.41, 5.74) is 16.3. The topological polar surface area (TPSA) is 63.8 Å². The molecule has 9 aromatic rings.